The van der Waals surface area contributed by atoms with Gasteiger partial charge in [-0.05, 0) is 27.7 Å². The fraction of sp³-hybridized carbons (Fsp3) is 0.917. The van der Waals surface area contributed by atoms with Gasteiger partial charge in [-0.25, -0.2) is 0 Å². The van der Waals surface area contributed by atoms with Crippen LogP contribution in [0.4, 0.5) is 0 Å². The van der Waals surface area contributed by atoms with Crippen molar-refractivity contribution in [2.45, 2.75) is 46.4 Å². The largest absolute Gasteiger partial charge is 0.353 e. The molecule has 0 saturated heterocycles. The quantitative estimate of drug-likeness (QED) is 0.444. The highest BCUT2D eigenvalue weighted by Gasteiger charge is 2.08. The highest BCUT2D eigenvalue weighted by molar-refractivity contribution is 5.78. The summed E-state index contributed by atoms with van der Waals surface area (Å²) in [6, 6.07) is 0.184. The maximum atomic E-state index is 11.3. The van der Waals surface area contributed by atoms with Crippen molar-refractivity contribution in [2.24, 2.45) is 0 Å². The number of hydrogen-bond donors (Lipinski definition) is 2. The molecule has 17 heavy (non-hydrogen) atoms. The van der Waals surface area contributed by atoms with E-state index < -0.39 is 0 Å². The van der Waals surface area contributed by atoms with Gasteiger partial charge in [-0.2, -0.15) is 0 Å². The van der Waals surface area contributed by atoms with Crippen molar-refractivity contribution in [3.8, 4) is 0 Å². The van der Waals surface area contributed by atoms with Crippen LogP contribution in [0.3, 0.4) is 0 Å². The maximum Gasteiger partial charge on any atom is 0.234 e. The number of hydrogen-bond acceptors (Lipinski definition) is 4. The highest BCUT2D eigenvalue weighted by Crippen LogP contribution is 1.99. The van der Waals surface area contributed by atoms with E-state index in [1.54, 1.807) is 0 Å². The zero-order chi connectivity index (χ0) is 13.1. The minimum atomic E-state index is -0.175. The van der Waals surface area contributed by atoms with Gasteiger partial charge >= 0.3 is 0 Å². The first kappa shape index (κ1) is 16.4. The number of ether oxygens (including phenoxy) is 2. The molecular weight excluding hydrogens is 220 g/mol. The van der Waals surface area contributed by atoms with E-state index >= 15 is 0 Å². The topological polar surface area (TPSA) is 59.6 Å². The Labute approximate surface area is 104 Å². The number of nitrogens with one attached hydrogen (secondary N) is 2. The van der Waals surface area contributed by atoms with E-state index in [1.807, 2.05) is 27.7 Å². The fourth-order valence-corrected chi connectivity index (χ4v) is 1.38. The van der Waals surface area contributed by atoms with Crippen molar-refractivity contribution in [2.75, 3.05) is 26.3 Å². The van der Waals surface area contributed by atoms with Gasteiger partial charge in [0, 0.05) is 32.2 Å². The Hall–Kier alpha value is -0.650. The number of rotatable bonds is 10. The van der Waals surface area contributed by atoms with Crippen LogP contribution in [0.25, 0.3) is 0 Å². The Balaban J connectivity index is 3.56. The van der Waals surface area contributed by atoms with Crippen LogP contribution in [-0.2, 0) is 14.3 Å². The van der Waals surface area contributed by atoms with Crippen LogP contribution in [0.5, 0.6) is 0 Å². The SMILES string of the molecule is CCOC(CCNCC(=O)NC(C)C)OCC. The molecule has 5 nitrogen and oxygen atoms in total. The standard InChI is InChI=1S/C12H26N2O3/c1-5-16-12(17-6-2)7-8-13-9-11(15)14-10(3)4/h10,12-13H,5-9H2,1-4H3,(H,14,15). The smallest absolute Gasteiger partial charge is 0.234 e. The van der Waals surface area contributed by atoms with E-state index in [2.05, 4.69) is 10.6 Å². The molecule has 0 bridgehead atoms. The fourth-order valence-electron chi connectivity index (χ4n) is 1.38. The molecule has 0 aliphatic rings. The molecule has 5 heteroatoms. The molecule has 0 radical (unpaired) electrons. The summed E-state index contributed by atoms with van der Waals surface area (Å²) in [7, 11) is 0. The molecule has 0 aromatic heterocycles. The molecule has 0 aromatic carbocycles. The summed E-state index contributed by atoms with van der Waals surface area (Å²) in [5, 5.41) is 5.88. The zero-order valence-electron chi connectivity index (χ0n) is 11.4. The molecule has 0 saturated carbocycles. The second-order valence-electron chi connectivity index (χ2n) is 4.03. The summed E-state index contributed by atoms with van der Waals surface area (Å²) in [5.41, 5.74) is 0. The number of amides is 1. The van der Waals surface area contributed by atoms with Gasteiger partial charge in [-0.3, -0.25) is 4.79 Å². The molecule has 0 aliphatic carbocycles. The van der Waals surface area contributed by atoms with E-state index in [4.69, 9.17) is 9.47 Å². The molecule has 0 unspecified atom stereocenters. The van der Waals surface area contributed by atoms with Gasteiger partial charge in [0.05, 0.1) is 6.54 Å². The molecule has 1 amide bonds. The third kappa shape index (κ3) is 10.2. The van der Waals surface area contributed by atoms with Gasteiger partial charge < -0.3 is 20.1 Å². The molecule has 0 atom stereocenters. The first-order chi connectivity index (χ1) is 8.10. The predicted molar refractivity (Wildman–Crippen MR) is 67.8 cm³/mol. The summed E-state index contributed by atoms with van der Waals surface area (Å²) in [5.74, 6) is 0.0179. The van der Waals surface area contributed by atoms with E-state index in [-0.39, 0.29) is 18.2 Å². The van der Waals surface area contributed by atoms with Crippen LogP contribution in [0.1, 0.15) is 34.1 Å². The first-order valence-corrected chi connectivity index (χ1v) is 6.33. The minimum absolute atomic E-state index is 0.0179. The normalized spacial score (nSPS) is 11.2. The third-order valence-corrected chi connectivity index (χ3v) is 2.00. The Morgan fingerprint density at radius 2 is 1.76 bits per heavy atom. The van der Waals surface area contributed by atoms with Crippen molar-refractivity contribution in [3.05, 3.63) is 0 Å². The van der Waals surface area contributed by atoms with Gasteiger partial charge in [0.25, 0.3) is 0 Å². The van der Waals surface area contributed by atoms with E-state index in [0.29, 0.717) is 26.3 Å². The van der Waals surface area contributed by atoms with Crippen molar-refractivity contribution in [1.29, 1.82) is 0 Å². The molecule has 0 spiro atoms. The van der Waals surface area contributed by atoms with Gasteiger partial charge in [-0.15, -0.1) is 0 Å². The summed E-state index contributed by atoms with van der Waals surface area (Å²) >= 11 is 0. The first-order valence-electron chi connectivity index (χ1n) is 6.33. The van der Waals surface area contributed by atoms with Crippen LogP contribution in [-0.4, -0.2) is 44.5 Å². The van der Waals surface area contributed by atoms with Crippen LogP contribution >= 0.6 is 0 Å². The van der Waals surface area contributed by atoms with Gasteiger partial charge in [-0.1, -0.05) is 0 Å². The van der Waals surface area contributed by atoms with Crippen LogP contribution in [0.15, 0.2) is 0 Å². The predicted octanol–water partition coefficient (Wildman–Crippen LogP) is 0.890. The molecule has 0 rings (SSSR count). The number of carbonyl (C=O) groups excluding carboxylic acids is 1. The molecule has 102 valence electrons. The van der Waals surface area contributed by atoms with Gasteiger partial charge in [0.1, 0.15) is 0 Å². The number of carbonyl (C=O) groups is 1. The lowest BCUT2D eigenvalue weighted by atomic mass is 10.3. The second-order valence-corrected chi connectivity index (χ2v) is 4.03. The Morgan fingerprint density at radius 1 is 1.18 bits per heavy atom. The van der Waals surface area contributed by atoms with Crippen molar-refractivity contribution < 1.29 is 14.3 Å². The van der Waals surface area contributed by atoms with Gasteiger partial charge in [0.15, 0.2) is 6.29 Å². The lowest BCUT2D eigenvalue weighted by molar-refractivity contribution is -0.139. The van der Waals surface area contributed by atoms with Gasteiger partial charge in [0.2, 0.25) is 5.91 Å². The molecule has 0 aliphatic heterocycles. The average Bonchev–Trinajstić information content (AvgIpc) is 2.24. The highest BCUT2D eigenvalue weighted by atomic mass is 16.7. The summed E-state index contributed by atoms with van der Waals surface area (Å²) in [6.45, 7) is 10.1. The lowest BCUT2D eigenvalue weighted by Crippen LogP contribution is -2.38. The van der Waals surface area contributed by atoms with Crippen molar-refractivity contribution >= 4 is 5.91 Å². The van der Waals surface area contributed by atoms with E-state index in [9.17, 15) is 4.79 Å². The second kappa shape index (κ2) is 10.5. The monoisotopic (exact) mass is 246 g/mol. The van der Waals surface area contributed by atoms with Crippen LogP contribution < -0.4 is 10.6 Å². The lowest BCUT2D eigenvalue weighted by Gasteiger charge is -2.17. The Morgan fingerprint density at radius 3 is 2.24 bits per heavy atom. The van der Waals surface area contributed by atoms with Crippen molar-refractivity contribution in [1.82, 2.24) is 10.6 Å². The van der Waals surface area contributed by atoms with Crippen LogP contribution in [0.2, 0.25) is 0 Å². The molecule has 0 heterocycles. The molecule has 2 N–H and O–H groups in total. The average molecular weight is 246 g/mol. The molecular formula is C12H26N2O3. The summed E-state index contributed by atoms with van der Waals surface area (Å²) in [6.07, 6.45) is 0.571. The van der Waals surface area contributed by atoms with Crippen LogP contribution in [0, 0.1) is 0 Å². The summed E-state index contributed by atoms with van der Waals surface area (Å²) in [4.78, 5) is 11.3. The minimum Gasteiger partial charge on any atom is -0.353 e. The van der Waals surface area contributed by atoms with Crippen molar-refractivity contribution in [3.63, 3.8) is 0 Å². The summed E-state index contributed by atoms with van der Waals surface area (Å²) < 4.78 is 10.8. The molecule has 0 fully saturated rings. The Bertz CT molecular complexity index is 192. The van der Waals surface area contributed by atoms with E-state index in [0.717, 1.165) is 6.42 Å². The third-order valence-electron chi connectivity index (χ3n) is 2.00. The van der Waals surface area contributed by atoms with E-state index in [1.165, 1.54) is 0 Å². The maximum absolute atomic E-state index is 11.3. The zero-order valence-corrected chi connectivity index (χ0v) is 11.4. The molecule has 0 aromatic rings. The Kier molecular flexibility index (Phi) is 10.1.